The highest BCUT2D eigenvalue weighted by Gasteiger charge is 2.37. The number of nitrogens with one attached hydrogen (secondary N) is 2. The molecule has 4 rings (SSSR count). The smallest absolute Gasteiger partial charge is 0.237 e. The summed E-state index contributed by atoms with van der Waals surface area (Å²) in [5.74, 6) is -0.949. The van der Waals surface area contributed by atoms with Gasteiger partial charge in [0.15, 0.2) is 0 Å². The Morgan fingerprint density at radius 1 is 1.17 bits per heavy atom. The Morgan fingerprint density at radius 2 is 1.92 bits per heavy atom. The van der Waals surface area contributed by atoms with Crippen LogP contribution in [0.4, 0.5) is 16.0 Å². The van der Waals surface area contributed by atoms with Gasteiger partial charge in [0.2, 0.25) is 27.8 Å². The molecule has 2 aromatic heterocycles. The van der Waals surface area contributed by atoms with Crippen LogP contribution in [0.2, 0.25) is 0 Å². The number of hydrogen-bond donors (Lipinski definition) is 2. The van der Waals surface area contributed by atoms with Crippen molar-refractivity contribution in [1.29, 1.82) is 0 Å². The fraction of sp³-hybridized carbons (Fsp3) is 0.375. The van der Waals surface area contributed by atoms with Gasteiger partial charge in [0, 0.05) is 11.3 Å². The molecule has 0 unspecified atom stereocenters. The standard InChI is InChI=1S/C24H27FN6O4S/c1-5-35-21-13-26-12-19(28-21)15-6-9-18(17(25)11-15)29-22(32)24(3,4)20-10-14(2)27-23(30-20)31-36(33,34)16-7-8-16/h6,9-13,16H,5,7-8H2,1-4H3,(H,29,32)(H,27,30,31). The third-order valence-corrected chi connectivity index (χ3v) is 7.49. The molecule has 1 fully saturated rings. The number of aryl methyl sites for hydroxylation is 1. The van der Waals surface area contributed by atoms with Crippen molar-refractivity contribution >= 4 is 27.6 Å². The summed E-state index contributed by atoms with van der Waals surface area (Å²) in [4.78, 5) is 30.0. The summed E-state index contributed by atoms with van der Waals surface area (Å²) in [6.07, 6.45) is 4.15. The Balaban J connectivity index is 1.54. The summed E-state index contributed by atoms with van der Waals surface area (Å²) < 4.78 is 47.3. The number of carbonyl (C=O) groups is 1. The van der Waals surface area contributed by atoms with Crippen molar-refractivity contribution in [3.05, 3.63) is 53.9 Å². The maximum atomic E-state index is 14.9. The highest BCUT2D eigenvalue weighted by atomic mass is 32.2. The molecular weight excluding hydrogens is 487 g/mol. The Bertz CT molecular complexity index is 1410. The van der Waals surface area contributed by atoms with Crippen LogP contribution in [-0.4, -0.2) is 46.1 Å². The number of amides is 1. The van der Waals surface area contributed by atoms with E-state index in [9.17, 15) is 17.6 Å². The molecule has 2 N–H and O–H groups in total. The second-order valence-corrected chi connectivity index (χ2v) is 11.0. The molecule has 10 nitrogen and oxygen atoms in total. The molecule has 1 aromatic carbocycles. The van der Waals surface area contributed by atoms with E-state index in [-0.39, 0.29) is 11.6 Å². The predicted molar refractivity (Wildman–Crippen MR) is 133 cm³/mol. The van der Waals surface area contributed by atoms with E-state index in [0.29, 0.717) is 48.0 Å². The first-order valence-electron chi connectivity index (χ1n) is 11.4. The van der Waals surface area contributed by atoms with Crippen molar-refractivity contribution < 1.29 is 22.3 Å². The van der Waals surface area contributed by atoms with Crippen LogP contribution in [0.1, 0.15) is 45.0 Å². The number of carbonyl (C=O) groups excluding carboxylic acids is 1. The van der Waals surface area contributed by atoms with Crippen LogP contribution in [-0.2, 0) is 20.2 Å². The Morgan fingerprint density at radius 3 is 2.58 bits per heavy atom. The fourth-order valence-electron chi connectivity index (χ4n) is 3.40. The van der Waals surface area contributed by atoms with Gasteiger partial charge in [-0.2, -0.15) is 0 Å². The molecule has 1 saturated carbocycles. The summed E-state index contributed by atoms with van der Waals surface area (Å²) in [5, 5.41) is 2.16. The van der Waals surface area contributed by atoms with Crippen LogP contribution in [0, 0.1) is 12.7 Å². The lowest BCUT2D eigenvalue weighted by atomic mass is 9.87. The van der Waals surface area contributed by atoms with E-state index in [1.165, 1.54) is 24.5 Å². The molecule has 3 aromatic rings. The van der Waals surface area contributed by atoms with E-state index in [1.54, 1.807) is 32.9 Å². The van der Waals surface area contributed by atoms with Gasteiger partial charge in [-0.25, -0.2) is 27.8 Å². The van der Waals surface area contributed by atoms with Gasteiger partial charge in [0.05, 0.1) is 46.7 Å². The molecule has 0 bridgehead atoms. The predicted octanol–water partition coefficient (Wildman–Crippen LogP) is 3.60. The topological polar surface area (TPSA) is 136 Å². The maximum absolute atomic E-state index is 14.9. The summed E-state index contributed by atoms with van der Waals surface area (Å²) in [6.45, 7) is 7.15. The van der Waals surface area contributed by atoms with E-state index in [2.05, 4.69) is 30.0 Å². The number of hydrogen-bond acceptors (Lipinski definition) is 8. The number of rotatable bonds is 9. The zero-order valence-electron chi connectivity index (χ0n) is 20.4. The number of aromatic nitrogens is 4. The second-order valence-electron chi connectivity index (χ2n) is 9.01. The molecule has 190 valence electrons. The average Bonchev–Trinajstić information content (AvgIpc) is 3.66. The number of anilines is 2. The van der Waals surface area contributed by atoms with Crippen molar-refractivity contribution in [3.63, 3.8) is 0 Å². The SMILES string of the molecule is CCOc1cncc(-c2ccc(NC(=O)C(C)(C)c3cc(C)nc(NS(=O)(=O)C4CC4)n3)c(F)c2)n1. The Kier molecular flexibility index (Phi) is 6.90. The number of benzene rings is 1. The van der Waals surface area contributed by atoms with Crippen LogP contribution in [0.5, 0.6) is 5.88 Å². The van der Waals surface area contributed by atoms with Crippen molar-refractivity contribution in [3.8, 4) is 17.1 Å². The third-order valence-electron chi connectivity index (χ3n) is 5.68. The highest BCUT2D eigenvalue weighted by molar-refractivity contribution is 7.93. The maximum Gasteiger partial charge on any atom is 0.237 e. The molecule has 0 saturated heterocycles. The minimum Gasteiger partial charge on any atom is -0.477 e. The zero-order valence-corrected chi connectivity index (χ0v) is 21.2. The van der Waals surface area contributed by atoms with Crippen LogP contribution in [0.25, 0.3) is 11.3 Å². The quantitative estimate of drug-likeness (QED) is 0.442. The molecular formula is C24H27FN6O4S. The fourth-order valence-corrected chi connectivity index (χ4v) is 4.67. The average molecular weight is 515 g/mol. The van der Waals surface area contributed by atoms with Gasteiger partial charge in [-0.05, 0) is 58.7 Å². The molecule has 0 radical (unpaired) electrons. The molecule has 1 amide bonds. The first-order chi connectivity index (χ1) is 17.0. The molecule has 0 aliphatic heterocycles. The van der Waals surface area contributed by atoms with Crippen LogP contribution in [0.3, 0.4) is 0 Å². The van der Waals surface area contributed by atoms with Gasteiger partial charge in [0.1, 0.15) is 5.82 Å². The molecule has 1 aliphatic carbocycles. The summed E-state index contributed by atoms with van der Waals surface area (Å²) >= 11 is 0. The van der Waals surface area contributed by atoms with E-state index in [1.807, 2.05) is 6.92 Å². The van der Waals surface area contributed by atoms with Gasteiger partial charge < -0.3 is 10.1 Å². The van der Waals surface area contributed by atoms with E-state index in [4.69, 9.17) is 4.74 Å². The lowest BCUT2D eigenvalue weighted by molar-refractivity contribution is -0.120. The zero-order chi connectivity index (χ0) is 26.1. The molecule has 1 aliphatic rings. The molecule has 12 heteroatoms. The van der Waals surface area contributed by atoms with E-state index >= 15 is 0 Å². The molecule has 2 heterocycles. The Hall–Kier alpha value is -3.67. The van der Waals surface area contributed by atoms with Crippen molar-refractivity contribution in [1.82, 2.24) is 19.9 Å². The Labute approximate surface area is 208 Å². The van der Waals surface area contributed by atoms with Gasteiger partial charge in [-0.1, -0.05) is 6.07 Å². The van der Waals surface area contributed by atoms with Crippen LogP contribution in [0.15, 0.2) is 36.7 Å². The number of sulfonamides is 1. The molecule has 0 spiro atoms. The summed E-state index contributed by atoms with van der Waals surface area (Å²) in [5.41, 5.74) is 0.427. The second kappa shape index (κ2) is 9.76. The van der Waals surface area contributed by atoms with Crippen molar-refractivity contribution in [2.24, 2.45) is 0 Å². The van der Waals surface area contributed by atoms with Gasteiger partial charge in [-0.15, -0.1) is 0 Å². The van der Waals surface area contributed by atoms with Gasteiger partial charge >= 0.3 is 0 Å². The number of ether oxygens (including phenoxy) is 1. The first-order valence-corrected chi connectivity index (χ1v) is 13.0. The summed E-state index contributed by atoms with van der Waals surface area (Å²) in [7, 11) is -3.57. The first kappa shape index (κ1) is 25.4. The number of nitrogens with zero attached hydrogens (tertiary/aromatic N) is 4. The van der Waals surface area contributed by atoms with E-state index < -0.39 is 32.4 Å². The summed E-state index contributed by atoms with van der Waals surface area (Å²) in [6, 6.07) is 5.90. The normalized spacial score (nSPS) is 13.8. The number of halogens is 1. The lowest BCUT2D eigenvalue weighted by Gasteiger charge is -2.24. The minimum atomic E-state index is -3.57. The van der Waals surface area contributed by atoms with Crippen molar-refractivity contribution in [2.45, 2.75) is 51.2 Å². The van der Waals surface area contributed by atoms with E-state index in [0.717, 1.165) is 0 Å². The highest BCUT2D eigenvalue weighted by Crippen LogP contribution is 2.31. The van der Waals surface area contributed by atoms with Gasteiger partial charge in [0.25, 0.3) is 0 Å². The van der Waals surface area contributed by atoms with Crippen molar-refractivity contribution in [2.75, 3.05) is 16.6 Å². The van der Waals surface area contributed by atoms with Crippen LogP contribution >= 0.6 is 0 Å². The lowest BCUT2D eigenvalue weighted by Crippen LogP contribution is -2.36. The molecule has 0 atom stereocenters. The monoisotopic (exact) mass is 514 g/mol. The van der Waals surface area contributed by atoms with Crippen LogP contribution < -0.4 is 14.8 Å². The third kappa shape index (κ3) is 5.59. The van der Waals surface area contributed by atoms with Gasteiger partial charge in [-0.3, -0.25) is 14.5 Å². The largest absolute Gasteiger partial charge is 0.477 e. The molecule has 36 heavy (non-hydrogen) atoms. The minimum absolute atomic E-state index is 0.0221.